The SMILES string of the molecule is Cc1cc(NC(=O)C(=O)Nc2ccccc2[N+](=O)[O-])ccc1Br. The number of nitrogens with zero attached hydrogens (tertiary/aromatic N) is 1. The quantitative estimate of drug-likeness (QED) is 0.486. The lowest BCUT2D eigenvalue weighted by Crippen LogP contribution is -2.29. The molecule has 0 aliphatic rings. The molecule has 0 aromatic heterocycles. The molecule has 2 aromatic carbocycles. The number of carbonyl (C=O) groups excluding carboxylic acids is 2. The summed E-state index contributed by atoms with van der Waals surface area (Å²) in [6, 6.07) is 10.7. The van der Waals surface area contributed by atoms with E-state index < -0.39 is 16.7 Å². The zero-order valence-electron chi connectivity index (χ0n) is 12.0. The van der Waals surface area contributed by atoms with Crippen molar-refractivity contribution in [2.45, 2.75) is 6.92 Å². The van der Waals surface area contributed by atoms with E-state index in [1.165, 1.54) is 24.3 Å². The number of rotatable bonds is 3. The molecule has 0 bridgehead atoms. The first-order valence-corrected chi connectivity index (χ1v) is 7.29. The second-order valence-corrected chi connectivity index (χ2v) is 5.50. The highest BCUT2D eigenvalue weighted by atomic mass is 79.9. The van der Waals surface area contributed by atoms with Gasteiger partial charge in [-0.15, -0.1) is 0 Å². The number of hydrogen-bond acceptors (Lipinski definition) is 4. The summed E-state index contributed by atoms with van der Waals surface area (Å²) in [5, 5.41) is 15.6. The van der Waals surface area contributed by atoms with Crippen molar-refractivity contribution in [3.05, 3.63) is 62.6 Å². The number of anilines is 2. The molecule has 0 radical (unpaired) electrons. The van der Waals surface area contributed by atoms with Gasteiger partial charge in [0.15, 0.2) is 0 Å². The van der Waals surface area contributed by atoms with E-state index >= 15 is 0 Å². The Balaban J connectivity index is 2.10. The standard InChI is InChI=1S/C15H12BrN3O4/c1-9-8-10(6-7-11(9)16)17-14(20)15(21)18-12-4-2-3-5-13(12)19(22)23/h2-8H,1H3,(H,17,20)(H,18,21). The lowest BCUT2D eigenvalue weighted by Gasteiger charge is -2.08. The minimum atomic E-state index is -0.986. The zero-order valence-corrected chi connectivity index (χ0v) is 13.6. The molecule has 7 nitrogen and oxygen atoms in total. The van der Waals surface area contributed by atoms with Crippen LogP contribution in [0.15, 0.2) is 46.9 Å². The summed E-state index contributed by atoms with van der Waals surface area (Å²) in [6.45, 7) is 1.84. The van der Waals surface area contributed by atoms with Gasteiger partial charge in [-0.25, -0.2) is 0 Å². The molecule has 2 aromatic rings. The van der Waals surface area contributed by atoms with Crippen LogP contribution in [0.4, 0.5) is 17.1 Å². The summed E-state index contributed by atoms with van der Waals surface area (Å²) in [4.78, 5) is 34.0. The van der Waals surface area contributed by atoms with Gasteiger partial charge >= 0.3 is 11.8 Å². The van der Waals surface area contributed by atoms with Gasteiger partial charge in [0.25, 0.3) is 5.69 Å². The topological polar surface area (TPSA) is 101 Å². The molecule has 0 unspecified atom stereocenters. The van der Waals surface area contributed by atoms with Crippen LogP contribution in [0.3, 0.4) is 0 Å². The smallest absolute Gasteiger partial charge is 0.314 e. The Morgan fingerprint density at radius 3 is 2.39 bits per heavy atom. The van der Waals surface area contributed by atoms with Crippen LogP contribution in [-0.2, 0) is 9.59 Å². The Kier molecular flexibility index (Phi) is 5.07. The number of nitro benzene ring substituents is 1. The Morgan fingerprint density at radius 2 is 1.74 bits per heavy atom. The van der Waals surface area contributed by atoms with Crippen molar-refractivity contribution >= 4 is 44.8 Å². The van der Waals surface area contributed by atoms with E-state index in [4.69, 9.17) is 0 Å². The summed E-state index contributed by atoms with van der Waals surface area (Å²) >= 11 is 3.33. The monoisotopic (exact) mass is 377 g/mol. The third-order valence-corrected chi connectivity index (χ3v) is 3.86. The van der Waals surface area contributed by atoms with Gasteiger partial charge in [0, 0.05) is 16.2 Å². The maximum atomic E-state index is 11.9. The van der Waals surface area contributed by atoms with Crippen molar-refractivity contribution in [3.63, 3.8) is 0 Å². The van der Waals surface area contributed by atoms with Gasteiger partial charge in [-0.1, -0.05) is 28.1 Å². The third kappa shape index (κ3) is 4.13. The minimum absolute atomic E-state index is 0.0374. The van der Waals surface area contributed by atoms with Gasteiger partial charge in [0.05, 0.1) is 4.92 Å². The summed E-state index contributed by atoms with van der Waals surface area (Å²) < 4.78 is 0.875. The fraction of sp³-hybridized carbons (Fsp3) is 0.0667. The van der Waals surface area contributed by atoms with Crippen LogP contribution in [0.5, 0.6) is 0 Å². The number of halogens is 1. The highest BCUT2D eigenvalue weighted by Gasteiger charge is 2.19. The zero-order chi connectivity index (χ0) is 17.0. The second-order valence-electron chi connectivity index (χ2n) is 4.65. The van der Waals surface area contributed by atoms with Gasteiger partial charge in [0.2, 0.25) is 0 Å². The van der Waals surface area contributed by atoms with Crippen LogP contribution in [0, 0.1) is 17.0 Å². The largest absolute Gasteiger partial charge is 0.318 e. The predicted molar refractivity (Wildman–Crippen MR) is 89.2 cm³/mol. The molecule has 8 heteroatoms. The fourth-order valence-electron chi connectivity index (χ4n) is 1.83. The molecule has 2 N–H and O–H groups in total. The molecule has 2 amide bonds. The summed E-state index contributed by atoms with van der Waals surface area (Å²) in [5.74, 6) is -1.90. The van der Waals surface area contributed by atoms with E-state index in [0.29, 0.717) is 5.69 Å². The van der Waals surface area contributed by atoms with Crippen LogP contribution in [0.25, 0.3) is 0 Å². The van der Waals surface area contributed by atoms with Crippen LogP contribution >= 0.6 is 15.9 Å². The number of para-hydroxylation sites is 2. The fourth-order valence-corrected chi connectivity index (χ4v) is 2.07. The predicted octanol–water partition coefficient (Wildman–Crippen LogP) is 3.24. The van der Waals surface area contributed by atoms with Gasteiger partial charge in [-0.05, 0) is 36.8 Å². The Bertz CT molecular complexity index is 792. The second kappa shape index (κ2) is 7.01. The Labute approximate surface area is 140 Å². The summed E-state index contributed by atoms with van der Waals surface area (Å²) in [7, 11) is 0. The van der Waals surface area contributed by atoms with Crippen molar-refractivity contribution in [2.75, 3.05) is 10.6 Å². The minimum Gasteiger partial charge on any atom is -0.318 e. The van der Waals surface area contributed by atoms with Crippen LogP contribution in [0.2, 0.25) is 0 Å². The average molecular weight is 378 g/mol. The third-order valence-electron chi connectivity index (χ3n) is 2.97. The van der Waals surface area contributed by atoms with E-state index in [-0.39, 0.29) is 11.4 Å². The van der Waals surface area contributed by atoms with E-state index in [0.717, 1.165) is 10.0 Å². The lowest BCUT2D eigenvalue weighted by atomic mass is 10.2. The molecular formula is C15H12BrN3O4. The molecule has 2 rings (SSSR count). The molecule has 0 saturated heterocycles. The molecule has 0 fully saturated rings. The molecule has 0 atom stereocenters. The van der Waals surface area contributed by atoms with Gasteiger partial charge in [0.1, 0.15) is 5.69 Å². The summed E-state index contributed by atoms with van der Waals surface area (Å²) in [6.07, 6.45) is 0. The van der Waals surface area contributed by atoms with Gasteiger partial charge in [-0.2, -0.15) is 0 Å². The maximum Gasteiger partial charge on any atom is 0.314 e. The van der Waals surface area contributed by atoms with Gasteiger partial charge < -0.3 is 10.6 Å². The first kappa shape index (κ1) is 16.6. The normalized spacial score (nSPS) is 10.0. The Morgan fingerprint density at radius 1 is 1.09 bits per heavy atom. The average Bonchev–Trinajstić information content (AvgIpc) is 2.51. The van der Waals surface area contributed by atoms with Crippen molar-refractivity contribution in [2.24, 2.45) is 0 Å². The molecule has 0 aliphatic carbocycles. The first-order valence-electron chi connectivity index (χ1n) is 6.50. The van der Waals surface area contributed by atoms with Crippen LogP contribution < -0.4 is 10.6 Å². The van der Waals surface area contributed by atoms with E-state index in [9.17, 15) is 19.7 Å². The van der Waals surface area contributed by atoms with E-state index in [2.05, 4.69) is 26.6 Å². The first-order chi connectivity index (χ1) is 10.9. The van der Waals surface area contributed by atoms with Crippen molar-refractivity contribution in [1.29, 1.82) is 0 Å². The number of aryl methyl sites for hydroxylation is 1. The summed E-state index contributed by atoms with van der Waals surface area (Å²) in [5.41, 5.74) is 1.02. The number of benzene rings is 2. The number of nitrogens with one attached hydrogen (secondary N) is 2. The van der Waals surface area contributed by atoms with Crippen LogP contribution in [0.1, 0.15) is 5.56 Å². The molecule has 0 aliphatic heterocycles. The van der Waals surface area contributed by atoms with Crippen LogP contribution in [-0.4, -0.2) is 16.7 Å². The maximum absolute atomic E-state index is 11.9. The molecule has 0 spiro atoms. The van der Waals surface area contributed by atoms with Crippen molar-refractivity contribution in [3.8, 4) is 0 Å². The number of hydrogen-bond donors (Lipinski definition) is 2. The Hall–Kier alpha value is -2.74. The lowest BCUT2D eigenvalue weighted by molar-refractivity contribution is -0.383. The molecule has 23 heavy (non-hydrogen) atoms. The van der Waals surface area contributed by atoms with Gasteiger partial charge in [-0.3, -0.25) is 19.7 Å². The van der Waals surface area contributed by atoms with Crippen molar-refractivity contribution < 1.29 is 14.5 Å². The van der Waals surface area contributed by atoms with E-state index in [1.54, 1.807) is 18.2 Å². The number of carbonyl (C=O) groups is 2. The molecular weight excluding hydrogens is 366 g/mol. The van der Waals surface area contributed by atoms with Crippen molar-refractivity contribution in [1.82, 2.24) is 0 Å². The number of nitro groups is 1. The molecule has 118 valence electrons. The molecule has 0 heterocycles. The number of amides is 2. The highest BCUT2D eigenvalue weighted by Crippen LogP contribution is 2.23. The highest BCUT2D eigenvalue weighted by molar-refractivity contribution is 9.10. The molecule has 0 saturated carbocycles. The van der Waals surface area contributed by atoms with E-state index in [1.807, 2.05) is 6.92 Å².